The van der Waals surface area contributed by atoms with Crippen molar-refractivity contribution in [2.45, 2.75) is 0 Å². The molecule has 96 valence electrons. The fourth-order valence-electron chi connectivity index (χ4n) is 1.31. The molecule has 0 spiro atoms. The van der Waals surface area contributed by atoms with Gasteiger partial charge in [-0.3, -0.25) is 0 Å². The van der Waals surface area contributed by atoms with Gasteiger partial charge in [0, 0.05) is 0 Å². The molecule has 7 heteroatoms. The highest BCUT2D eigenvalue weighted by molar-refractivity contribution is 6.32. The Morgan fingerprint density at radius 3 is 2.68 bits per heavy atom. The molecule has 0 radical (unpaired) electrons. The van der Waals surface area contributed by atoms with Crippen LogP contribution in [0.3, 0.4) is 0 Å². The SMILES string of the molecule is COc1ncnc(Oc2ccc(C#N)cc2Cl)c1F. The molecule has 0 amide bonds. The minimum Gasteiger partial charge on any atom is -0.479 e. The molecule has 5 nitrogen and oxygen atoms in total. The van der Waals surface area contributed by atoms with Gasteiger partial charge in [0.1, 0.15) is 12.1 Å². The van der Waals surface area contributed by atoms with Gasteiger partial charge in [0.15, 0.2) is 0 Å². The Kier molecular flexibility index (Phi) is 3.78. The lowest BCUT2D eigenvalue weighted by Crippen LogP contribution is -1.98. The van der Waals surface area contributed by atoms with Crippen molar-refractivity contribution in [3.8, 4) is 23.6 Å². The summed E-state index contributed by atoms with van der Waals surface area (Å²) in [5.74, 6) is -1.18. The molecule has 0 aliphatic carbocycles. The monoisotopic (exact) mass is 279 g/mol. The smallest absolute Gasteiger partial charge is 0.263 e. The first kappa shape index (κ1) is 13.1. The molecule has 0 fully saturated rings. The molecule has 2 aromatic rings. The number of halogens is 2. The van der Waals surface area contributed by atoms with E-state index >= 15 is 0 Å². The van der Waals surface area contributed by atoms with E-state index in [1.807, 2.05) is 6.07 Å². The summed E-state index contributed by atoms with van der Waals surface area (Å²) >= 11 is 5.91. The summed E-state index contributed by atoms with van der Waals surface area (Å²) < 4.78 is 23.7. The highest BCUT2D eigenvalue weighted by atomic mass is 35.5. The van der Waals surface area contributed by atoms with Gasteiger partial charge in [-0.1, -0.05) is 11.6 Å². The largest absolute Gasteiger partial charge is 0.479 e. The number of benzene rings is 1. The van der Waals surface area contributed by atoms with Gasteiger partial charge in [0.05, 0.1) is 23.8 Å². The van der Waals surface area contributed by atoms with Gasteiger partial charge in [-0.25, -0.2) is 0 Å². The molecule has 0 unspecified atom stereocenters. The van der Waals surface area contributed by atoms with Gasteiger partial charge in [-0.2, -0.15) is 19.6 Å². The van der Waals surface area contributed by atoms with Crippen LogP contribution in [0.15, 0.2) is 24.5 Å². The van der Waals surface area contributed by atoms with E-state index in [0.717, 1.165) is 6.33 Å². The van der Waals surface area contributed by atoms with E-state index in [9.17, 15) is 4.39 Å². The van der Waals surface area contributed by atoms with Crippen LogP contribution in [0.25, 0.3) is 0 Å². The Morgan fingerprint density at radius 1 is 1.32 bits per heavy atom. The van der Waals surface area contributed by atoms with E-state index in [2.05, 4.69) is 9.97 Å². The van der Waals surface area contributed by atoms with Crippen LogP contribution in [0.4, 0.5) is 4.39 Å². The maximum Gasteiger partial charge on any atom is 0.263 e. The fourth-order valence-corrected chi connectivity index (χ4v) is 1.53. The van der Waals surface area contributed by atoms with Crippen LogP contribution in [0.2, 0.25) is 5.02 Å². The van der Waals surface area contributed by atoms with Crippen molar-refractivity contribution < 1.29 is 13.9 Å². The van der Waals surface area contributed by atoms with Gasteiger partial charge >= 0.3 is 0 Å². The Labute approximate surface area is 113 Å². The molecule has 1 aromatic carbocycles. The maximum absolute atomic E-state index is 13.8. The van der Waals surface area contributed by atoms with E-state index in [1.165, 1.54) is 25.3 Å². The molecule has 0 saturated carbocycles. The topological polar surface area (TPSA) is 68.0 Å². The average Bonchev–Trinajstić information content (AvgIpc) is 2.43. The number of aromatic nitrogens is 2. The molecule has 0 aliphatic heterocycles. The number of hydrogen-bond acceptors (Lipinski definition) is 5. The van der Waals surface area contributed by atoms with E-state index in [1.54, 1.807) is 0 Å². The van der Waals surface area contributed by atoms with E-state index < -0.39 is 5.82 Å². The fraction of sp³-hybridized carbons (Fsp3) is 0.0833. The molecule has 0 bridgehead atoms. The Hall–Kier alpha value is -2.39. The molecule has 0 aliphatic rings. The molecular weight excluding hydrogens is 273 g/mol. The van der Waals surface area contributed by atoms with Gasteiger partial charge < -0.3 is 9.47 Å². The highest BCUT2D eigenvalue weighted by Crippen LogP contribution is 2.31. The summed E-state index contributed by atoms with van der Waals surface area (Å²) in [4.78, 5) is 7.24. The predicted molar refractivity (Wildman–Crippen MR) is 64.8 cm³/mol. The second-order valence-corrected chi connectivity index (χ2v) is 3.77. The van der Waals surface area contributed by atoms with Crippen molar-refractivity contribution in [1.29, 1.82) is 5.26 Å². The third-order valence-electron chi connectivity index (χ3n) is 2.19. The summed E-state index contributed by atoms with van der Waals surface area (Å²) in [5, 5.41) is 8.89. The second-order valence-electron chi connectivity index (χ2n) is 3.36. The van der Waals surface area contributed by atoms with Crippen molar-refractivity contribution in [1.82, 2.24) is 9.97 Å². The summed E-state index contributed by atoms with van der Waals surface area (Å²) in [6.45, 7) is 0. The van der Waals surface area contributed by atoms with Crippen LogP contribution in [0.5, 0.6) is 17.5 Å². The van der Waals surface area contributed by atoms with Gasteiger partial charge in [0.25, 0.3) is 11.8 Å². The summed E-state index contributed by atoms with van der Waals surface area (Å²) in [6, 6.07) is 6.29. The molecule has 2 rings (SSSR count). The number of rotatable bonds is 3. The standard InChI is InChI=1S/C12H7ClFN3O2/c1-18-11-10(14)12(17-6-16-11)19-9-3-2-7(5-15)4-8(9)13/h2-4,6H,1H3. The third-order valence-corrected chi connectivity index (χ3v) is 2.48. The van der Waals surface area contributed by atoms with E-state index in [4.69, 9.17) is 26.3 Å². The van der Waals surface area contributed by atoms with Gasteiger partial charge in [-0.05, 0) is 18.2 Å². The van der Waals surface area contributed by atoms with Crippen molar-refractivity contribution >= 4 is 11.6 Å². The van der Waals surface area contributed by atoms with Crippen LogP contribution >= 0.6 is 11.6 Å². The van der Waals surface area contributed by atoms with Crippen LogP contribution in [-0.2, 0) is 0 Å². The van der Waals surface area contributed by atoms with Crippen LogP contribution < -0.4 is 9.47 Å². The lowest BCUT2D eigenvalue weighted by atomic mass is 10.2. The minimum atomic E-state index is -0.828. The van der Waals surface area contributed by atoms with Crippen LogP contribution in [0.1, 0.15) is 5.56 Å². The number of hydrogen-bond donors (Lipinski definition) is 0. The van der Waals surface area contributed by atoms with Gasteiger partial charge in [0.2, 0.25) is 5.82 Å². The first-order valence-corrected chi connectivity index (χ1v) is 5.45. The second kappa shape index (κ2) is 5.50. The van der Waals surface area contributed by atoms with Crippen molar-refractivity contribution in [3.05, 3.63) is 40.9 Å². The average molecular weight is 280 g/mol. The predicted octanol–water partition coefficient (Wildman–Crippen LogP) is 2.94. The Bertz CT molecular complexity index is 658. The molecule has 0 saturated heterocycles. The van der Waals surface area contributed by atoms with Crippen LogP contribution in [0, 0.1) is 17.1 Å². The molecule has 1 heterocycles. The van der Waals surface area contributed by atoms with Crippen molar-refractivity contribution in [2.75, 3.05) is 7.11 Å². The maximum atomic E-state index is 13.8. The Balaban J connectivity index is 2.34. The number of methoxy groups -OCH3 is 1. The zero-order valence-electron chi connectivity index (χ0n) is 9.72. The normalized spacial score (nSPS) is 9.79. The first-order chi connectivity index (χ1) is 9.15. The molecule has 1 aromatic heterocycles. The molecule has 19 heavy (non-hydrogen) atoms. The summed E-state index contributed by atoms with van der Waals surface area (Å²) in [5.41, 5.74) is 0.373. The van der Waals surface area contributed by atoms with Crippen LogP contribution in [-0.4, -0.2) is 17.1 Å². The lowest BCUT2D eigenvalue weighted by molar-refractivity contribution is 0.345. The number of nitriles is 1. The first-order valence-electron chi connectivity index (χ1n) is 5.07. The van der Waals surface area contributed by atoms with E-state index in [0.29, 0.717) is 5.56 Å². The zero-order valence-corrected chi connectivity index (χ0v) is 10.5. The third kappa shape index (κ3) is 2.72. The summed E-state index contributed by atoms with van der Waals surface area (Å²) in [6.07, 6.45) is 1.11. The van der Waals surface area contributed by atoms with Crippen molar-refractivity contribution in [2.24, 2.45) is 0 Å². The zero-order chi connectivity index (χ0) is 13.8. The molecule has 0 N–H and O–H groups in total. The number of nitrogens with zero attached hydrogens (tertiary/aromatic N) is 3. The number of ether oxygens (including phenoxy) is 2. The highest BCUT2D eigenvalue weighted by Gasteiger charge is 2.15. The summed E-state index contributed by atoms with van der Waals surface area (Å²) in [7, 11) is 1.28. The molecule has 0 atom stereocenters. The minimum absolute atomic E-state index is 0.177. The lowest BCUT2D eigenvalue weighted by Gasteiger charge is -2.08. The van der Waals surface area contributed by atoms with Gasteiger partial charge in [-0.15, -0.1) is 0 Å². The van der Waals surface area contributed by atoms with Crippen molar-refractivity contribution in [3.63, 3.8) is 0 Å². The van der Waals surface area contributed by atoms with E-state index in [-0.39, 0.29) is 22.5 Å². The quantitative estimate of drug-likeness (QED) is 0.864. The Morgan fingerprint density at radius 2 is 2.05 bits per heavy atom. The molecular formula is C12H7ClFN3O2.